The van der Waals surface area contributed by atoms with Gasteiger partial charge in [-0.25, -0.2) is 8.78 Å². The maximum Gasteiger partial charge on any atom is 0.264 e. The molecule has 6 heteroatoms. The summed E-state index contributed by atoms with van der Waals surface area (Å²) in [5.74, 6) is 0. The minimum Gasteiger partial charge on any atom is -0.275 e. The molecule has 20 heavy (non-hydrogen) atoms. The van der Waals surface area contributed by atoms with Gasteiger partial charge in [0.15, 0.2) is 0 Å². The van der Waals surface area contributed by atoms with Crippen LogP contribution in [0.1, 0.15) is 17.6 Å². The lowest BCUT2D eigenvalue weighted by Gasteiger charge is -2.15. The van der Waals surface area contributed by atoms with Crippen molar-refractivity contribution in [3.8, 4) is 11.1 Å². The van der Waals surface area contributed by atoms with Crippen LogP contribution in [0.5, 0.6) is 0 Å². The number of hydrogen-bond donors (Lipinski definition) is 0. The summed E-state index contributed by atoms with van der Waals surface area (Å²) >= 11 is 0. The molecule has 1 aromatic heterocycles. The summed E-state index contributed by atoms with van der Waals surface area (Å²) in [7, 11) is 1.77. The van der Waals surface area contributed by atoms with Crippen molar-refractivity contribution in [3.63, 3.8) is 0 Å². The van der Waals surface area contributed by atoms with Crippen LogP contribution in [0.4, 0.5) is 14.5 Å². The number of aromatic nitrogens is 2. The van der Waals surface area contributed by atoms with Gasteiger partial charge < -0.3 is 0 Å². The number of anilines is 1. The first-order chi connectivity index (χ1) is 9.60. The van der Waals surface area contributed by atoms with Crippen LogP contribution in [0.15, 0.2) is 29.6 Å². The first kappa shape index (κ1) is 12.8. The van der Waals surface area contributed by atoms with Crippen molar-refractivity contribution >= 4 is 12.4 Å². The third-order valence-electron chi connectivity index (χ3n) is 3.54. The molecule has 0 saturated carbocycles. The third-order valence-corrected chi connectivity index (χ3v) is 3.54. The Hall–Kier alpha value is -2.24. The summed E-state index contributed by atoms with van der Waals surface area (Å²) < 4.78 is 28.3. The van der Waals surface area contributed by atoms with E-state index in [0.717, 1.165) is 17.7 Å². The van der Waals surface area contributed by atoms with E-state index in [-0.39, 0.29) is 5.56 Å². The van der Waals surface area contributed by atoms with Crippen molar-refractivity contribution in [2.75, 3.05) is 11.6 Å². The average Bonchev–Trinajstić information content (AvgIpc) is 3.02. The van der Waals surface area contributed by atoms with Gasteiger partial charge in [0.25, 0.3) is 6.43 Å². The molecule has 104 valence electrons. The molecule has 0 aliphatic carbocycles. The van der Waals surface area contributed by atoms with Gasteiger partial charge in [-0.15, -0.1) is 0 Å². The van der Waals surface area contributed by atoms with Crippen LogP contribution in [0.25, 0.3) is 11.1 Å². The molecule has 1 aliphatic rings. The van der Waals surface area contributed by atoms with E-state index in [2.05, 4.69) is 16.9 Å². The summed E-state index contributed by atoms with van der Waals surface area (Å²) in [4.78, 5) is 0. The van der Waals surface area contributed by atoms with E-state index in [1.807, 2.05) is 6.07 Å². The van der Waals surface area contributed by atoms with Crippen molar-refractivity contribution in [2.24, 2.45) is 12.1 Å². The summed E-state index contributed by atoms with van der Waals surface area (Å²) in [6, 6.07) is 3.34. The second-order valence-corrected chi connectivity index (χ2v) is 4.79. The second-order valence-electron chi connectivity index (χ2n) is 4.79. The predicted molar refractivity (Wildman–Crippen MR) is 74.2 cm³/mol. The lowest BCUT2D eigenvalue weighted by atomic mass is 9.98. The zero-order valence-corrected chi connectivity index (χ0v) is 11.1. The summed E-state index contributed by atoms with van der Waals surface area (Å²) in [6.07, 6.45) is 1.59. The molecule has 0 radical (unpaired) electrons. The number of hydrazone groups is 1. The molecule has 0 amide bonds. The Morgan fingerprint density at radius 3 is 2.80 bits per heavy atom. The van der Waals surface area contributed by atoms with Crippen molar-refractivity contribution in [1.82, 2.24) is 9.78 Å². The molecule has 0 spiro atoms. The van der Waals surface area contributed by atoms with E-state index in [1.165, 1.54) is 6.07 Å². The van der Waals surface area contributed by atoms with Gasteiger partial charge in [-0.2, -0.15) is 10.2 Å². The van der Waals surface area contributed by atoms with Crippen molar-refractivity contribution < 1.29 is 8.78 Å². The molecule has 3 rings (SSSR count). The van der Waals surface area contributed by atoms with Crippen molar-refractivity contribution in [1.29, 1.82) is 0 Å². The van der Waals surface area contributed by atoms with Gasteiger partial charge in [0, 0.05) is 37.6 Å². The van der Waals surface area contributed by atoms with Gasteiger partial charge in [-0.1, -0.05) is 0 Å². The lowest BCUT2D eigenvalue weighted by molar-refractivity contribution is 0.152. The lowest BCUT2D eigenvalue weighted by Crippen LogP contribution is -2.11. The summed E-state index contributed by atoms with van der Waals surface area (Å²) in [6.45, 7) is 4.15. The highest BCUT2D eigenvalue weighted by Gasteiger charge is 2.24. The number of benzene rings is 1. The highest BCUT2D eigenvalue weighted by molar-refractivity contribution is 5.74. The number of aryl methyl sites for hydroxylation is 1. The first-order valence-electron chi connectivity index (χ1n) is 6.28. The molecule has 0 saturated heterocycles. The Labute approximate surface area is 115 Å². The van der Waals surface area contributed by atoms with E-state index in [0.29, 0.717) is 17.7 Å². The van der Waals surface area contributed by atoms with Crippen LogP contribution in [0.3, 0.4) is 0 Å². The van der Waals surface area contributed by atoms with Crippen LogP contribution >= 0.6 is 0 Å². The third kappa shape index (κ3) is 1.97. The fourth-order valence-electron chi connectivity index (χ4n) is 2.57. The molecule has 0 unspecified atom stereocenters. The highest BCUT2D eigenvalue weighted by atomic mass is 19.3. The fraction of sp³-hybridized carbons (Fsp3) is 0.286. The Kier molecular flexibility index (Phi) is 3.00. The summed E-state index contributed by atoms with van der Waals surface area (Å²) in [5, 5.41) is 9.57. The highest BCUT2D eigenvalue weighted by Crippen LogP contribution is 2.39. The molecule has 1 aliphatic heterocycles. The van der Waals surface area contributed by atoms with Gasteiger partial charge in [0.2, 0.25) is 0 Å². The smallest absolute Gasteiger partial charge is 0.264 e. The van der Waals surface area contributed by atoms with Crippen LogP contribution in [-0.4, -0.2) is 23.0 Å². The van der Waals surface area contributed by atoms with E-state index < -0.39 is 6.43 Å². The number of nitrogens with zero attached hydrogens (tertiary/aromatic N) is 4. The Bertz CT molecular complexity index is 663. The first-order valence-corrected chi connectivity index (χ1v) is 6.28. The average molecular weight is 276 g/mol. The van der Waals surface area contributed by atoms with Crippen molar-refractivity contribution in [2.45, 2.75) is 12.8 Å². The Balaban J connectivity index is 2.17. The monoisotopic (exact) mass is 276 g/mol. The minimum absolute atomic E-state index is 0.00676. The number of alkyl halides is 2. The standard InChI is InChI=1S/C14H14F2N4/c1-17-20-4-3-9-5-11(10-7-18-19(2)8-10)12(14(15)16)6-13(9)20/h5-8,14H,1,3-4H2,2H3. The number of fused-ring (bicyclic) bond motifs is 1. The van der Waals surface area contributed by atoms with E-state index in [4.69, 9.17) is 0 Å². The van der Waals surface area contributed by atoms with Gasteiger partial charge in [-0.3, -0.25) is 9.69 Å². The number of hydrogen-bond acceptors (Lipinski definition) is 3. The van der Waals surface area contributed by atoms with Gasteiger partial charge in [0.1, 0.15) is 0 Å². The second kappa shape index (κ2) is 4.70. The van der Waals surface area contributed by atoms with E-state index in [1.54, 1.807) is 29.1 Å². The Morgan fingerprint density at radius 1 is 1.40 bits per heavy atom. The minimum atomic E-state index is -2.54. The molecule has 0 fully saturated rings. The molecule has 0 atom stereocenters. The maximum atomic E-state index is 13.3. The van der Waals surface area contributed by atoms with Gasteiger partial charge >= 0.3 is 0 Å². The van der Waals surface area contributed by atoms with Gasteiger partial charge in [-0.05, 0) is 29.7 Å². The molecular formula is C14H14F2N4. The zero-order chi connectivity index (χ0) is 14.3. The zero-order valence-electron chi connectivity index (χ0n) is 11.1. The summed E-state index contributed by atoms with van der Waals surface area (Å²) in [5.41, 5.74) is 2.99. The normalized spacial score (nSPS) is 13.9. The number of rotatable bonds is 3. The molecular weight excluding hydrogens is 262 g/mol. The van der Waals surface area contributed by atoms with Crippen LogP contribution in [0.2, 0.25) is 0 Å². The predicted octanol–water partition coefficient (Wildman–Crippen LogP) is 3.00. The van der Waals surface area contributed by atoms with Crippen LogP contribution < -0.4 is 5.01 Å². The molecule has 2 heterocycles. The molecule has 1 aromatic carbocycles. The SMILES string of the molecule is C=NN1CCc2cc(-c3cnn(C)c3)c(C(F)F)cc21. The van der Waals surface area contributed by atoms with Crippen molar-refractivity contribution in [3.05, 3.63) is 35.7 Å². The van der Waals surface area contributed by atoms with Crippen LogP contribution in [-0.2, 0) is 13.5 Å². The quantitative estimate of drug-likeness (QED) is 0.807. The largest absolute Gasteiger partial charge is 0.275 e. The topological polar surface area (TPSA) is 33.4 Å². The molecule has 0 bridgehead atoms. The fourth-order valence-corrected chi connectivity index (χ4v) is 2.57. The van der Waals surface area contributed by atoms with Crippen LogP contribution in [0, 0.1) is 0 Å². The number of halogens is 2. The maximum absolute atomic E-state index is 13.3. The molecule has 4 nitrogen and oxygen atoms in total. The van der Waals surface area contributed by atoms with Gasteiger partial charge in [0.05, 0.1) is 11.9 Å². The van der Waals surface area contributed by atoms with E-state index >= 15 is 0 Å². The molecule has 0 N–H and O–H groups in total. The Morgan fingerprint density at radius 2 is 2.20 bits per heavy atom. The van der Waals surface area contributed by atoms with E-state index in [9.17, 15) is 8.78 Å². The molecule has 2 aromatic rings.